The minimum absolute atomic E-state index is 0.0528. The van der Waals surface area contributed by atoms with Crippen molar-refractivity contribution in [1.82, 2.24) is 19.8 Å². The number of hydrogen-bond donors (Lipinski definition) is 2. The van der Waals surface area contributed by atoms with Crippen LogP contribution in [0, 0.1) is 20.8 Å². The molecular formula is C31H31N5O3S. The second kappa shape index (κ2) is 10.7. The molecule has 2 aliphatic heterocycles. The highest BCUT2D eigenvalue weighted by Gasteiger charge is 2.41. The van der Waals surface area contributed by atoms with Gasteiger partial charge in [-0.25, -0.2) is 0 Å². The number of thiocarbonyl (C=S) groups is 1. The Morgan fingerprint density at radius 1 is 1.05 bits per heavy atom. The molecule has 9 heteroatoms. The number of fused-ring (bicyclic) bond motifs is 1. The van der Waals surface area contributed by atoms with Crippen LogP contribution in [0.1, 0.15) is 46.7 Å². The van der Waals surface area contributed by atoms with Crippen LogP contribution in [0.15, 0.2) is 72.9 Å². The summed E-state index contributed by atoms with van der Waals surface area (Å²) < 4.78 is 13.4. The summed E-state index contributed by atoms with van der Waals surface area (Å²) in [7, 11) is 0. The number of carbonyl (C=O) groups is 1. The lowest BCUT2D eigenvalue weighted by Crippen LogP contribution is -2.33. The van der Waals surface area contributed by atoms with Crippen LogP contribution >= 0.6 is 12.2 Å². The van der Waals surface area contributed by atoms with Crippen molar-refractivity contribution in [3.05, 3.63) is 101 Å². The standard InChI is InChI=1S/C31H31N5O3S/c1-19-8-4-5-9-24(19)33-28(37)13-15-35-30(29(34-31(35)40)25-10-6-7-14-32-25)23-16-20(2)36(21(23)3)22-11-12-26-27(17-22)39-18-38-26/h4-12,14,16-17,29-30H,13,15,18H2,1-3H3,(H,33,37)(H,34,40)/t29-,30+/m1/s1. The predicted molar refractivity (Wildman–Crippen MR) is 158 cm³/mol. The van der Waals surface area contributed by atoms with Crippen LogP contribution in [0.4, 0.5) is 5.69 Å². The van der Waals surface area contributed by atoms with Crippen molar-refractivity contribution in [1.29, 1.82) is 0 Å². The van der Waals surface area contributed by atoms with Gasteiger partial charge in [-0.15, -0.1) is 0 Å². The van der Waals surface area contributed by atoms with Gasteiger partial charge in [0.05, 0.1) is 17.8 Å². The number of anilines is 1. The minimum atomic E-state index is -0.168. The number of pyridine rings is 1. The van der Waals surface area contributed by atoms with Gasteiger partial charge in [0.25, 0.3) is 0 Å². The van der Waals surface area contributed by atoms with Gasteiger partial charge in [0, 0.05) is 48.0 Å². The molecule has 1 fully saturated rings. The summed E-state index contributed by atoms with van der Waals surface area (Å²) >= 11 is 5.85. The van der Waals surface area contributed by atoms with Gasteiger partial charge < -0.3 is 29.6 Å². The van der Waals surface area contributed by atoms with E-state index < -0.39 is 0 Å². The molecule has 0 spiro atoms. The summed E-state index contributed by atoms with van der Waals surface area (Å²) in [5.74, 6) is 1.44. The first-order chi connectivity index (χ1) is 19.4. The van der Waals surface area contributed by atoms with E-state index in [0.29, 0.717) is 18.1 Å². The average molecular weight is 554 g/mol. The predicted octanol–water partition coefficient (Wildman–Crippen LogP) is 5.53. The van der Waals surface area contributed by atoms with E-state index in [9.17, 15) is 4.79 Å². The normalized spacial score (nSPS) is 17.7. The van der Waals surface area contributed by atoms with Crippen LogP contribution in [0.2, 0.25) is 0 Å². The summed E-state index contributed by atoms with van der Waals surface area (Å²) in [5.41, 5.74) is 7.04. The average Bonchev–Trinajstić information content (AvgIpc) is 3.63. The molecule has 2 N–H and O–H groups in total. The molecule has 0 aliphatic carbocycles. The van der Waals surface area contributed by atoms with E-state index in [2.05, 4.69) is 45.0 Å². The molecule has 4 heterocycles. The smallest absolute Gasteiger partial charge is 0.231 e. The number of rotatable bonds is 7. The number of ether oxygens (including phenoxy) is 2. The van der Waals surface area contributed by atoms with Gasteiger partial charge in [-0.05, 0) is 80.5 Å². The first-order valence-electron chi connectivity index (χ1n) is 13.3. The van der Waals surface area contributed by atoms with E-state index in [4.69, 9.17) is 21.7 Å². The Labute approximate surface area is 238 Å². The molecule has 2 aromatic carbocycles. The molecule has 204 valence electrons. The Balaban J connectivity index is 1.33. The fourth-order valence-corrected chi connectivity index (χ4v) is 5.97. The molecule has 0 saturated carbocycles. The maximum absolute atomic E-state index is 13.0. The van der Waals surface area contributed by atoms with E-state index in [1.807, 2.05) is 67.6 Å². The van der Waals surface area contributed by atoms with Gasteiger partial charge >= 0.3 is 0 Å². The van der Waals surface area contributed by atoms with Crippen LogP contribution < -0.4 is 20.1 Å². The van der Waals surface area contributed by atoms with Crippen LogP contribution in [0.3, 0.4) is 0 Å². The highest BCUT2D eigenvalue weighted by molar-refractivity contribution is 7.80. The minimum Gasteiger partial charge on any atom is -0.454 e. The SMILES string of the molecule is Cc1ccccc1NC(=O)CCN1C(=S)N[C@H](c2ccccn2)[C@@H]1c1cc(C)n(-c2ccc3c(c2)OCO3)c1C. The van der Waals surface area contributed by atoms with Gasteiger partial charge in [-0.1, -0.05) is 24.3 Å². The van der Waals surface area contributed by atoms with Crippen LogP contribution in [0.25, 0.3) is 5.69 Å². The van der Waals surface area contributed by atoms with Crippen molar-refractivity contribution in [3.8, 4) is 17.2 Å². The Morgan fingerprint density at radius 3 is 2.65 bits per heavy atom. The van der Waals surface area contributed by atoms with E-state index in [1.165, 1.54) is 0 Å². The van der Waals surface area contributed by atoms with E-state index in [0.717, 1.165) is 51.1 Å². The van der Waals surface area contributed by atoms with Crippen molar-refractivity contribution in [3.63, 3.8) is 0 Å². The maximum atomic E-state index is 13.0. The zero-order valence-corrected chi connectivity index (χ0v) is 23.5. The number of para-hydroxylation sites is 1. The molecule has 6 rings (SSSR count). The number of benzene rings is 2. The molecule has 1 saturated heterocycles. The molecule has 0 unspecified atom stereocenters. The first-order valence-corrected chi connectivity index (χ1v) is 13.7. The van der Waals surface area contributed by atoms with Crippen molar-refractivity contribution in [2.24, 2.45) is 0 Å². The lowest BCUT2D eigenvalue weighted by atomic mass is 9.96. The number of amides is 1. The molecule has 40 heavy (non-hydrogen) atoms. The molecular weight excluding hydrogens is 522 g/mol. The van der Waals surface area contributed by atoms with Crippen molar-refractivity contribution in [2.75, 3.05) is 18.7 Å². The van der Waals surface area contributed by atoms with E-state index in [1.54, 1.807) is 6.20 Å². The third-order valence-corrected chi connectivity index (χ3v) is 7.95. The first kappa shape index (κ1) is 25.9. The van der Waals surface area contributed by atoms with Gasteiger partial charge in [-0.2, -0.15) is 0 Å². The number of carbonyl (C=O) groups excluding carboxylic acids is 1. The van der Waals surface area contributed by atoms with Crippen molar-refractivity contribution in [2.45, 2.75) is 39.3 Å². The summed E-state index contributed by atoms with van der Waals surface area (Å²) in [6.07, 6.45) is 2.09. The number of aromatic nitrogens is 2. The molecule has 1 amide bonds. The van der Waals surface area contributed by atoms with Gasteiger partial charge in [-0.3, -0.25) is 9.78 Å². The van der Waals surface area contributed by atoms with E-state index in [-0.39, 0.29) is 24.8 Å². The summed E-state index contributed by atoms with van der Waals surface area (Å²) in [4.78, 5) is 19.8. The monoisotopic (exact) mass is 553 g/mol. The Bertz CT molecular complexity index is 1590. The summed E-state index contributed by atoms with van der Waals surface area (Å²) in [6, 6.07) is 21.6. The third-order valence-electron chi connectivity index (χ3n) is 7.60. The van der Waals surface area contributed by atoms with E-state index >= 15 is 0 Å². The summed E-state index contributed by atoms with van der Waals surface area (Å²) in [6.45, 7) is 6.89. The topological polar surface area (TPSA) is 80.7 Å². The molecule has 2 aromatic heterocycles. The number of aryl methyl sites for hydroxylation is 2. The molecule has 0 bridgehead atoms. The van der Waals surface area contributed by atoms with Gasteiger partial charge in [0.15, 0.2) is 16.6 Å². The lowest BCUT2D eigenvalue weighted by Gasteiger charge is -2.28. The van der Waals surface area contributed by atoms with Gasteiger partial charge in [0.2, 0.25) is 12.7 Å². The van der Waals surface area contributed by atoms with Crippen LogP contribution in [0.5, 0.6) is 11.5 Å². The summed E-state index contributed by atoms with van der Waals surface area (Å²) in [5, 5.41) is 7.15. The van der Waals surface area contributed by atoms with Crippen molar-refractivity contribution >= 4 is 28.9 Å². The van der Waals surface area contributed by atoms with Crippen LogP contribution in [-0.2, 0) is 4.79 Å². The molecule has 2 aliphatic rings. The molecule has 2 atom stereocenters. The molecule has 4 aromatic rings. The number of nitrogens with one attached hydrogen (secondary N) is 2. The second-order valence-electron chi connectivity index (χ2n) is 10.1. The lowest BCUT2D eigenvalue weighted by molar-refractivity contribution is -0.116. The second-order valence-corrected chi connectivity index (χ2v) is 10.5. The fourth-order valence-electron chi connectivity index (χ4n) is 5.64. The molecule has 8 nitrogen and oxygen atoms in total. The quantitative estimate of drug-likeness (QED) is 0.292. The zero-order chi connectivity index (χ0) is 27.8. The molecule has 0 radical (unpaired) electrons. The third kappa shape index (κ3) is 4.77. The number of nitrogens with zero attached hydrogens (tertiary/aromatic N) is 3. The van der Waals surface area contributed by atoms with Gasteiger partial charge in [0.1, 0.15) is 0 Å². The van der Waals surface area contributed by atoms with Crippen molar-refractivity contribution < 1.29 is 14.3 Å². The Kier molecular flexibility index (Phi) is 6.89. The highest BCUT2D eigenvalue weighted by atomic mass is 32.1. The zero-order valence-electron chi connectivity index (χ0n) is 22.7. The largest absolute Gasteiger partial charge is 0.454 e. The maximum Gasteiger partial charge on any atom is 0.231 e. The fraction of sp³-hybridized carbons (Fsp3) is 0.258. The highest BCUT2D eigenvalue weighted by Crippen LogP contribution is 2.42. The van der Waals surface area contributed by atoms with Crippen LogP contribution in [-0.4, -0.2) is 38.8 Å². The number of hydrogen-bond acceptors (Lipinski definition) is 5. The Morgan fingerprint density at radius 2 is 1.85 bits per heavy atom. The Hall–Kier alpha value is -4.37.